The van der Waals surface area contributed by atoms with Gasteiger partial charge in [0, 0.05) is 6.54 Å². The van der Waals surface area contributed by atoms with Gasteiger partial charge in [0.05, 0.1) is 5.92 Å². The van der Waals surface area contributed by atoms with Crippen LogP contribution in [-0.4, -0.2) is 37.1 Å². The van der Waals surface area contributed by atoms with E-state index < -0.39 is 0 Å². The third kappa shape index (κ3) is 7.96. The minimum Gasteiger partial charge on any atom is -0.464 e. The number of unbranched alkanes of at least 4 members (excludes halogenated alkanes) is 4. The first-order chi connectivity index (χ1) is 11.7. The van der Waals surface area contributed by atoms with Crippen LogP contribution in [0, 0.1) is 0 Å². The van der Waals surface area contributed by atoms with Gasteiger partial charge in [-0.2, -0.15) is 0 Å². The lowest BCUT2D eigenvalue weighted by Crippen LogP contribution is -2.29. The Morgan fingerprint density at radius 3 is 2.29 bits per heavy atom. The maximum absolute atomic E-state index is 12.6. The van der Waals surface area contributed by atoms with E-state index in [1.165, 1.54) is 25.7 Å². The zero-order valence-corrected chi connectivity index (χ0v) is 15.8. The number of nitrogens with zero attached hydrogens (tertiary/aromatic N) is 1. The Hall–Kier alpha value is -1.35. The van der Waals surface area contributed by atoms with Crippen LogP contribution in [-0.2, 0) is 9.53 Å². The molecule has 1 aromatic rings. The maximum atomic E-state index is 12.6. The van der Waals surface area contributed by atoms with E-state index in [0.29, 0.717) is 6.61 Å². The lowest BCUT2D eigenvalue weighted by Gasteiger charge is -2.20. The topological polar surface area (TPSA) is 29.5 Å². The molecule has 1 atom stereocenters. The molecule has 0 saturated carbocycles. The molecule has 3 nitrogen and oxygen atoms in total. The van der Waals surface area contributed by atoms with Crippen LogP contribution in [0.25, 0.3) is 0 Å². The fraction of sp³-hybridized carbons (Fsp3) is 0.667. The third-order valence-electron chi connectivity index (χ3n) is 4.63. The number of hydrogen-bond acceptors (Lipinski definition) is 3. The molecule has 1 aromatic carbocycles. The summed E-state index contributed by atoms with van der Waals surface area (Å²) in [6, 6.07) is 10.1. The monoisotopic (exact) mass is 333 g/mol. The average Bonchev–Trinajstić information content (AvgIpc) is 2.62. The van der Waals surface area contributed by atoms with Crippen LogP contribution in [0.5, 0.6) is 0 Å². The first kappa shape index (κ1) is 20.7. The van der Waals surface area contributed by atoms with E-state index in [-0.39, 0.29) is 11.9 Å². The van der Waals surface area contributed by atoms with Crippen LogP contribution in [0.1, 0.15) is 70.8 Å². The van der Waals surface area contributed by atoms with E-state index in [4.69, 9.17) is 4.74 Å². The number of ether oxygens (including phenoxy) is 1. The molecule has 0 aliphatic rings. The normalized spacial score (nSPS) is 12.3. The minimum atomic E-state index is -0.121. The van der Waals surface area contributed by atoms with E-state index in [9.17, 15) is 4.79 Å². The minimum absolute atomic E-state index is 0.0659. The molecule has 136 valence electrons. The van der Waals surface area contributed by atoms with Crippen LogP contribution in [0.15, 0.2) is 30.3 Å². The van der Waals surface area contributed by atoms with E-state index in [0.717, 1.165) is 38.0 Å². The molecular formula is C21H35NO2. The van der Waals surface area contributed by atoms with Crippen molar-refractivity contribution in [1.82, 2.24) is 4.90 Å². The fourth-order valence-corrected chi connectivity index (χ4v) is 2.97. The number of hydrogen-bond donors (Lipinski definition) is 0. The second kappa shape index (κ2) is 13.0. The van der Waals surface area contributed by atoms with Gasteiger partial charge >= 0.3 is 5.97 Å². The number of esters is 1. The highest BCUT2D eigenvalue weighted by Gasteiger charge is 2.21. The fourth-order valence-electron chi connectivity index (χ4n) is 2.97. The third-order valence-corrected chi connectivity index (χ3v) is 4.63. The summed E-state index contributed by atoms with van der Waals surface area (Å²) in [7, 11) is 0. The molecule has 0 N–H and O–H groups in total. The highest BCUT2D eigenvalue weighted by atomic mass is 16.5. The molecule has 0 aliphatic carbocycles. The Labute approximate surface area is 148 Å². The Balaban J connectivity index is 2.52. The summed E-state index contributed by atoms with van der Waals surface area (Å²) in [5.74, 6) is -0.187. The molecule has 0 heterocycles. The maximum Gasteiger partial charge on any atom is 0.313 e. The van der Waals surface area contributed by atoms with Gasteiger partial charge < -0.3 is 9.64 Å². The molecule has 3 heteroatoms. The van der Waals surface area contributed by atoms with Gasteiger partial charge in [-0.3, -0.25) is 4.79 Å². The Kier molecular flexibility index (Phi) is 11.2. The van der Waals surface area contributed by atoms with E-state index in [1.807, 2.05) is 30.3 Å². The Bertz CT molecular complexity index is 429. The molecule has 0 radical (unpaired) electrons. The number of benzene rings is 1. The second-order valence-electron chi connectivity index (χ2n) is 6.36. The summed E-state index contributed by atoms with van der Waals surface area (Å²) < 4.78 is 5.59. The molecule has 1 rings (SSSR count). The lowest BCUT2D eigenvalue weighted by molar-refractivity contribution is -0.146. The van der Waals surface area contributed by atoms with Crippen molar-refractivity contribution < 1.29 is 9.53 Å². The molecule has 24 heavy (non-hydrogen) atoms. The standard InChI is InChI=1S/C21H35NO2/c1-4-7-8-9-13-16-20(19-14-11-10-12-15-19)21(23)24-18-17-22(5-2)6-3/h10-12,14-15,20H,4-9,13,16-18H2,1-3H3. The van der Waals surface area contributed by atoms with Gasteiger partial charge in [0.2, 0.25) is 0 Å². The molecule has 0 aromatic heterocycles. The Morgan fingerprint density at radius 2 is 1.67 bits per heavy atom. The van der Waals surface area contributed by atoms with Gasteiger partial charge in [0.1, 0.15) is 6.61 Å². The van der Waals surface area contributed by atoms with Crippen molar-refractivity contribution in [3.05, 3.63) is 35.9 Å². The van der Waals surface area contributed by atoms with Gasteiger partial charge in [0.25, 0.3) is 0 Å². The van der Waals surface area contributed by atoms with Crippen molar-refractivity contribution >= 4 is 5.97 Å². The first-order valence-corrected chi connectivity index (χ1v) is 9.66. The summed E-state index contributed by atoms with van der Waals surface area (Å²) in [5, 5.41) is 0. The van der Waals surface area contributed by atoms with Gasteiger partial charge in [-0.1, -0.05) is 83.2 Å². The quantitative estimate of drug-likeness (QED) is 0.375. The molecule has 0 saturated heterocycles. The predicted octanol–water partition coefficient (Wildman–Crippen LogP) is 5.02. The van der Waals surface area contributed by atoms with E-state index >= 15 is 0 Å². The summed E-state index contributed by atoms with van der Waals surface area (Å²) in [5.41, 5.74) is 1.08. The lowest BCUT2D eigenvalue weighted by atomic mass is 9.93. The van der Waals surface area contributed by atoms with Crippen molar-refractivity contribution in [3.8, 4) is 0 Å². The summed E-state index contributed by atoms with van der Waals surface area (Å²) in [6.07, 6.45) is 6.96. The summed E-state index contributed by atoms with van der Waals surface area (Å²) in [4.78, 5) is 14.9. The molecule has 0 aliphatic heterocycles. The number of rotatable bonds is 13. The zero-order valence-electron chi connectivity index (χ0n) is 15.8. The molecule has 0 fully saturated rings. The van der Waals surface area contributed by atoms with Crippen LogP contribution in [0.2, 0.25) is 0 Å². The number of carbonyl (C=O) groups is 1. The van der Waals surface area contributed by atoms with Gasteiger partial charge in [-0.15, -0.1) is 0 Å². The van der Waals surface area contributed by atoms with Gasteiger partial charge in [-0.05, 0) is 25.1 Å². The zero-order chi connectivity index (χ0) is 17.6. The van der Waals surface area contributed by atoms with Crippen molar-refractivity contribution in [3.63, 3.8) is 0 Å². The summed E-state index contributed by atoms with van der Waals surface area (Å²) in [6.45, 7) is 9.78. The van der Waals surface area contributed by atoms with E-state index in [2.05, 4.69) is 25.7 Å². The largest absolute Gasteiger partial charge is 0.464 e. The van der Waals surface area contributed by atoms with E-state index in [1.54, 1.807) is 0 Å². The first-order valence-electron chi connectivity index (χ1n) is 9.66. The predicted molar refractivity (Wildman–Crippen MR) is 101 cm³/mol. The van der Waals surface area contributed by atoms with Crippen LogP contribution in [0.3, 0.4) is 0 Å². The molecule has 0 bridgehead atoms. The van der Waals surface area contributed by atoms with Crippen molar-refractivity contribution in [2.75, 3.05) is 26.2 Å². The highest BCUT2D eigenvalue weighted by molar-refractivity contribution is 5.78. The van der Waals surface area contributed by atoms with Crippen LogP contribution >= 0.6 is 0 Å². The smallest absolute Gasteiger partial charge is 0.313 e. The molecule has 0 spiro atoms. The van der Waals surface area contributed by atoms with Gasteiger partial charge in [0.15, 0.2) is 0 Å². The number of carbonyl (C=O) groups excluding carboxylic acids is 1. The van der Waals surface area contributed by atoms with Crippen LogP contribution in [0.4, 0.5) is 0 Å². The molecule has 0 amide bonds. The molecular weight excluding hydrogens is 298 g/mol. The van der Waals surface area contributed by atoms with Crippen molar-refractivity contribution in [2.45, 2.75) is 65.2 Å². The number of likely N-dealkylation sites (N-methyl/N-ethyl adjacent to an activating group) is 1. The van der Waals surface area contributed by atoms with Gasteiger partial charge in [-0.25, -0.2) is 0 Å². The highest BCUT2D eigenvalue weighted by Crippen LogP contribution is 2.24. The Morgan fingerprint density at radius 1 is 1.00 bits per heavy atom. The van der Waals surface area contributed by atoms with Crippen LogP contribution < -0.4 is 0 Å². The van der Waals surface area contributed by atoms with Crippen molar-refractivity contribution in [1.29, 1.82) is 0 Å². The second-order valence-corrected chi connectivity index (χ2v) is 6.36. The molecule has 1 unspecified atom stereocenters. The summed E-state index contributed by atoms with van der Waals surface area (Å²) >= 11 is 0. The SMILES string of the molecule is CCCCCCCC(C(=O)OCCN(CC)CC)c1ccccc1. The average molecular weight is 334 g/mol. The van der Waals surface area contributed by atoms with Crippen molar-refractivity contribution in [2.24, 2.45) is 0 Å².